The molecule has 2 aliphatic rings. The van der Waals surface area contributed by atoms with Crippen molar-refractivity contribution in [2.45, 2.75) is 31.9 Å². The fourth-order valence-electron chi connectivity index (χ4n) is 4.41. The standard InChI is InChI=1S/C25H27NO6/c1-15-6-4-7-16(12-15)22-21(23(27)19-13-17(30-2)9-10-20(19)31-3)24(28)25(29)26(22)14-18-8-5-11-32-18/h4,6-7,9-10,12-13,18,22,27H,5,8,11,14H2,1-3H3/b23-21+. The Balaban J connectivity index is 1.88. The number of carbonyl (C=O) groups is 2. The van der Waals surface area contributed by atoms with E-state index in [9.17, 15) is 14.7 Å². The topological polar surface area (TPSA) is 85.3 Å². The van der Waals surface area contributed by atoms with Crippen molar-refractivity contribution in [1.82, 2.24) is 4.90 Å². The summed E-state index contributed by atoms with van der Waals surface area (Å²) in [6.07, 6.45) is 1.62. The van der Waals surface area contributed by atoms with E-state index >= 15 is 0 Å². The molecular weight excluding hydrogens is 410 g/mol. The van der Waals surface area contributed by atoms with E-state index in [1.807, 2.05) is 31.2 Å². The molecule has 2 fully saturated rings. The largest absolute Gasteiger partial charge is 0.507 e. The first kappa shape index (κ1) is 21.9. The summed E-state index contributed by atoms with van der Waals surface area (Å²) < 4.78 is 16.4. The van der Waals surface area contributed by atoms with Crippen LogP contribution in [0.2, 0.25) is 0 Å². The van der Waals surface area contributed by atoms with Gasteiger partial charge in [-0.25, -0.2) is 0 Å². The van der Waals surface area contributed by atoms with Crippen LogP contribution in [0.4, 0.5) is 0 Å². The zero-order valence-electron chi connectivity index (χ0n) is 18.5. The number of ketones is 1. The second kappa shape index (κ2) is 9.04. The molecular formula is C25H27NO6. The smallest absolute Gasteiger partial charge is 0.295 e. The minimum atomic E-state index is -0.727. The van der Waals surface area contributed by atoms with E-state index in [0.29, 0.717) is 23.7 Å². The number of aliphatic hydroxyl groups excluding tert-OH is 1. The van der Waals surface area contributed by atoms with Crippen LogP contribution in [-0.4, -0.2) is 55.2 Å². The summed E-state index contributed by atoms with van der Waals surface area (Å²) in [7, 11) is 2.99. The van der Waals surface area contributed by atoms with Gasteiger partial charge in [-0.2, -0.15) is 0 Å². The van der Waals surface area contributed by atoms with Gasteiger partial charge in [-0.1, -0.05) is 29.8 Å². The monoisotopic (exact) mass is 437 g/mol. The molecule has 2 aliphatic heterocycles. The molecule has 1 amide bonds. The summed E-state index contributed by atoms with van der Waals surface area (Å²) in [5.41, 5.74) is 2.07. The molecule has 32 heavy (non-hydrogen) atoms. The van der Waals surface area contributed by atoms with Crippen molar-refractivity contribution in [2.24, 2.45) is 0 Å². The van der Waals surface area contributed by atoms with Crippen LogP contribution in [0.1, 0.15) is 35.6 Å². The number of aryl methyl sites for hydroxylation is 1. The molecule has 7 nitrogen and oxygen atoms in total. The molecule has 0 spiro atoms. The van der Waals surface area contributed by atoms with Crippen LogP contribution in [0.25, 0.3) is 5.76 Å². The predicted molar refractivity (Wildman–Crippen MR) is 119 cm³/mol. The van der Waals surface area contributed by atoms with Gasteiger partial charge in [-0.15, -0.1) is 0 Å². The second-order valence-electron chi connectivity index (χ2n) is 8.07. The third kappa shape index (κ3) is 3.96. The fraction of sp³-hybridized carbons (Fsp3) is 0.360. The highest BCUT2D eigenvalue weighted by Crippen LogP contribution is 2.42. The van der Waals surface area contributed by atoms with Crippen LogP contribution in [0.5, 0.6) is 11.5 Å². The highest BCUT2D eigenvalue weighted by Gasteiger charge is 2.47. The zero-order valence-corrected chi connectivity index (χ0v) is 18.5. The first-order valence-corrected chi connectivity index (χ1v) is 10.6. The number of amides is 1. The zero-order chi connectivity index (χ0) is 22.8. The van der Waals surface area contributed by atoms with Gasteiger partial charge in [0.2, 0.25) is 0 Å². The highest BCUT2D eigenvalue weighted by atomic mass is 16.5. The van der Waals surface area contributed by atoms with Gasteiger partial charge in [0.15, 0.2) is 0 Å². The molecule has 7 heteroatoms. The highest BCUT2D eigenvalue weighted by molar-refractivity contribution is 6.46. The molecule has 2 heterocycles. The van der Waals surface area contributed by atoms with Crippen molar-refractivity contribution in [3.63, 3.8) is 0 Å². The molecule has 2 atom stereocenters. The Morgan fingerprint density at radius 2 is 1.97 bits per heavy atom. The number of ether oxygens (including phenoxy) is 3. The first-order valence-electron chi connectivity index (χ1n) is 10.6. The molecule has 0 aromatic heterocycles. The van der Waals surface area contributed by atoms with Crippen LogP contribution in [0, 0.1) is 6.92 Å². The number of likely N-dealkylation sites (tertiary alicyclic amines) is 1. The normalized spacial score (nSPS) is 22.4. The number of benzene rings is 2. The maximum absolute atomic E-state index is 13.2. The van der Waals surface area contributed by atoms with Gasteiger partial charge in [0.1, 0.15) is 17.3 Å². The van der Waals surface area contributed by atoms with Gasteiger partial charge in [0, 0.05) is 13.2 Å². The maximum atomic E-state index is 13.2. The summed E-state index contributed by atoms with van der Waals surface area (Å²) in [5.74, 6) is -0.794. The Morgan fingerprint density at radius 1 is 1.16 bits per heavy atom. The van der Waals surface area contributed by atoms with E-state index in [1.165, 1.54) is 19.1 Å². The molecule has 0 saturated carbocycles. The van der Waals surface area contributed by atoms with Crippen molar-refractivity contribution in [3.8, 4) is 11.5 Å². The van der Waals surface area contributed by atoms with E-state index in [0.717, 1.165) is 24.0 Å². The number of aliphatic hydroxyl groups is 1. The fourth-order valence-corrected chi connectivity index (χ4v) is 4.41. The van der Waals surface area contributed by atoms with Crippen molar-refractivity contribution in [1.29, 1.82) is 0 Å². The molecule has 2 aromatic carbocycles. The van der Waals surface area contributed by atoms with Crippen molar-refractivity contribution in [2.75, 3.05) is 27.4 Å². The van der Waals surface area contributed by atoms with Crippen LogP contribution >= 0.6 is 0 Å². The Labute approximate surface area is 187 Å². The van der Waals surface area contributed by atoms with Gasteiger partial charge >= 0.3 is 0 Å². The number of methoxy groups -OCH3 is 2. The Morgan fingerprint density at radius 3 is 2.62 bits per heavy atom. The Kier molecular flexibility index (Phi) is 6.19. The number of Topliss-reactive ketones (excluding diaryl/α,β-unsaturated/α-hetero) is 1. The lowest BCUT2D eigenvalue weighted by atomic mass is 9.94. The molecule has 0 radical (unpaired) electrons. The van der Waals surface area contributed by atoms with Crippen molar-refractivity contribution in [3.05, 3.63) is 64.7 Å². The van der Waals surface area contributed by atoms with Crippen LogP contribution in [0.3, 0.4) is 0 Å². The molecule has 168 valence electrons. The molecule has 2 aromatic rings. The van der Waals surface area contributed by atoms with Crippen LogP contribution in [0.15, 0.2) is 48.0 Å². The minimum Gasteiger partial charge on any atom is -0.507 e. The van der Waals surface area contributed by atoms with E-state index in [1.54, 1.807) is 18.2 Å². The molecule has 0 aliphatic carbocycles. The Bertz CT molecular complexity index is 1070. The Hall–Kier alpha value is -3.32. The number of rotatable bonds is 6. The summed E-state index contributed by atoms with van der Waals surface area (Å²) in [5, 5.41) is 11.3. The van der Waals surface area contributed by atoms with Crippen LogP contribution < -0.4 is 9.47 Å². The van der Waals surface area contributed by atoms with Gasteiger partial charge in [0.25, 0.3) is 11.7 Å². The van der Waals surface area contributed by atoms with Crippen molar-refractivity contribution < 1.29 is 28.9 Å². The van der Waals surface area contributed by atoms with Crippen molar-refractivity contribution >= 4 is 17.4 Å². The number of nitrogens with zero attached hydrogens (tertiary/aromatic N) is 1. The summed E-state index contributed by atoms with van der Waals surface area (Å²) in [4.78, 5) is 27.8. The first-order chi connectivity index (χ1) is 15.4. The molecule has 2 unspecified atom stereocenters. The SMILES string of the molecule is COc1ccc(OC)c(/C(O)=C2\C(=O)C(=O)N(CC3CCCO3)C2c2cccc(C)c2)c1. The third-order valence-electron chi connectivity index (χ3n) is 5.98. The lowest BCUT2D eigenvalue weighted by Crippen LogP contribution is -2.36. The predicted octanol–water partition coefficient (Wildman–Crippen LogP) is 3.61. The van der Waals surface area contributed by atoms with E-state index in [2.05, 4.69) is 0 Å². The van der Waals surface area contributed by atoms with E-state index in [-0.39, 0.29) is 24.0 Å². The number of hydrogen-bond donors (Lipinski definition) is 1. The van der Waals surface area contributed by atoms with Gasteiger partial charge in [-0.05, 0) is 43.5 Å². The van der Waals surface area contributed by atoms with Gasteiger partial charge < -0.3 is 24.2 Å². The lowest BCUT2D eigenvalue weighted by Gasteiger charge is -2.27. The lowest BCUT2D eigenvalue weighted by molar-refractivity contribution is -0.140. The third-order valence-corrected chi connectivity index (χ3v) is 5.98. The second-order valence-corrected chi connectivity index (χ2v) is 8.07. The number of hydrogen-bond acceptors (Lipinski definition) is 6. The molecule has 0 bridgehead atoms. The molecule has 1 N–H and O–H groups in total. The summed E-state index contributed by atoms with van der Waals surface area (Å²) >= 11 is 0. The van der Waals surface area contributed by atoms with Crippen LogP contribution in [-0.2, 0) is 14.3 Å². The average molecular weight is 437 g/mol. The maximum Gasteiger partial charge on any atom is 0.295 e. The van der Waals surface area contributed by atoms with E-state index < -0.39 is 17.7 Å². The average Bonchev–Trinajstić information content (AvgIpc) is 3.40. The summed E-state index contributed by atoms with van der Waals surface area (Å²) in [6.45, 7) is 2.88. The number of carbonyl (C=O) groups excluding carboxylic acids is 2. The van der Waals surface area contributed by atoms with E-state index in [4.69, 9.17) is 14.2 Å². The minimum absolute atomic E-state index is 0.0325. The summed E-state index contributed by atoms with van der Waals surface area (Å²) in [6, 6.07) is 11.8. The quantitative estimate of drug-likeness (QED) is 0.422. The molecule has 4 rings (SSSR count). The molecule has 2 saturated heterocycles. The van der Waals surface area contributed by atoms with Gasteiger partial charge in [-0.3, -0.25) is 9.59 Å². The van der Waals surface area contributed by atoms with Gasteiger partial charge in [0.05, 0.1) is 37.5 Å².